The third-order valence-electron chi connectivity index (χ3n) is 4.30. The van der Waals surface area contributed by atoms with Crippen molar-refractivity contribution in [1.29, 1.82) is 0 Å². The van der Waals surface area contributed by atoms with E-state index in [4.69, 9.17) is 0 Å². The lowest BCUT2D eigenvalue weighted by Crippen LogP contribution is -2.40. The van der Waals surface area contributed by atoms with Gasteiger partial charge in [-0.25, -0.2) is 4.99 Å². The zero-order valence-corrected chi connectivity index (χ0v) is 17.2. The van der Waals surface area contributed by atoms with Gasteiger partial charge in [0.2, 0.25) is 5.91 Å². The van der Waals surface area contributed by atoms with Crippen molar-refractivity contribution in [2.24, 2.45) is 16.8 Å². The van der Waals surface area contributed by atoms with Crippen molar-refractivity contribution in [3.63, 3.8) is 0 Å². The number of nitrogens with zero attached hydrogens (tertiary/aromatic N) is 1. The Balaban J connectivity index is 2.62. The number of carbonyl (C=O) groups excluding carboxylic acids is 1. The molecule has 0 aliphatic carbocycles. The number of amides is 1. The second-order valence-corrected chi connectivity index (χ2v) is 7.08. The highest BCUT2D eigenvalue weighted by Gasteiger charge is 2.09. The molecule has 0 aliphatic heterocycles. The Morgan fingerprint density at radius 1 is 1.11 bits per heavy atom. The number of benzene rings is 1. The second-order valence-electron chi connectivity index (χ2n) is 7.08. The van der Waals surface area contributed by atoms with E-state index in [-0.39, 0.29) is 18.4 Å². The van der Waals surface area contributed by atoms with Gasteiger partial charge in [-0.3, -0.25) is 4.79 Å². The van der Waals surface area contributed by atoms with Crippen LogP contribution in [-0.2, 0) is 11.3 Å². The first-order chi connectivity index (χ1) is 13.0. The van der Waals surface area contributed by atoms with Crippen molar-refractivity contribution < 1.29 is 9.90 Å². The van der Waals surface area contributed by atoms with Gasteiger partial charge in [-0.2, -0.15) is 0 Å². The van der Waals surface area contributed by atoms with Crippen molar-refractivity contribution in [2.75, 3.05) is 25.0 Å². The Morgan fingerprint density at radius 3 is 2.37 bits per heavy atom. The van der Waals surface area contributed by atoms with Gasteiger partial charge in [0, 0.05) is 31.3 Å². The minimum atomic E-state index is -0.0367. The molecule has 0 saturated heterocycles. The third kappa shape index (κ3) is 9.43. The molecule has 0 bridgehead atoms. The Labute approximate surface area is 163 Å². The molecular formula is C21H36N4O2. The van der Waals surface area contributed by atoms with E-state index in [2.05, 4.69) is 27.9 Å². The van der Waals surface area contributed by atoms with Crippen LogP contribution in [0.1, 0.15) is 52.5 Å². The van der Waals surface area contributed by atoms with E-state index in [1.807, 2.05) is 45.0 Å². The number of aliphatic imine (C=N–C) groups is 1. The lowest BCUT2D eigenvalue weighted by molar-refractivity contribution is -0.118. The van der Waals surface area contributed by atoms with Crippen molar-refractivity contribution in [3.05, 3.63) is 29.8 Å². The van der Waals surface area contributed by atoms with Gasteiger partial charge in [-0.05, 0) is 43.4 Å². The molecule has 0 fully saturated rings. The van der Waals surface area contributed by atoms with Crippen molar-refractivity contribution in [1.82, 2.24) is 10.6 Å². The summed E-state index contributed by atoms with van der Waals surface area (Å²) in [5.41, 5.74) is 1.88. The molecule has 0 heterocycles. The predicted octanol–water partition coefficient (Wildman–Crippen LogP) is 3.13. The molecule has 6 nitrogen and oxygen atoms in total. The van der Waals surface area contributed by atoms with Crippen LogP contribution >= 0.6 is 0 Å². The summed E-state index contributed by atoms with van der Waals surface area (Å²) in [6.45, 7) is 10.3. The van der Waals surface area contributed by atoms with Crippen molar-refractivity contribution in [3.8, 4) is 0 Å². The molecule has 1 amide bonds. The molecule has 1 rings (SSSR count). The molecule has 1 atom stereocenters. The summed E-state index contributed by atoms with van der Waals surface area (Å²) in [6.07, 6.45) is 3.01. The number of aliphatic hydroxyl groups excluding tert-OH is 1. The number of nitrogens with one attached hydrogen (secondary N) is 3. The van der Waals surface area contributed by atoms with Crippen LogP contribution in [0.15, 0.2) is 29.3 Å². The molecule has 4 N–H and O–H groups in total. The van der Waals surface area contributed by atoms with Gasteiger partial charge in [0.15, 0.2) is 5.96 Å². The zero-order chi connectivity index (χ0) is 20.1. The highest BCUT2D eigenvalue weighted by Crippen LogP contribution is 2.12. The lowest BCUT2D eigenvalue weighted by Gasteiger charge is -2.18. The quantitative estimate of drug-likeness (QED) is 0.353. The first-order valence-electron chi connectivity index (χ1n) is 10.0. The third-order valence-corrected chi connectivity index (χ3v) is 4.30. The maximum atomic E-state index is 11.7. The van der Waals surface area contributed by atoms with Gasteiger partial charge in [0.05, 0.1) is 6.54 Å². The maximum Gasteiger partial charge on any atom is 0.226 e. The van der Waals surface area contributed by atoms with Crippen LogP contribution in [0.4, 0.5) is 5.69 Å². The van der Waals surface area contributed by atoms with Gasteiger partial charge in [-0.1, -0.05) is 39.3 Å². The van der Waals surface area contributed by atoms with Crippen LogP contribution < -0.4 is 16.0 Å². The summed E-state index contributed by atoms with van der Waals surface area (Å²) >= 11 is 0. The number of hydrogen-bond acceptors (Lipinski definition) is 3. The predicted molar refractivity (Wildman–Crippen MR) is 113 cm³/mol. The van der Waals surface area contributed by atoms with Crippen LogP contribution in [0, 0.1) is 11.8 Å². The lowest BCUT2D eigenvalue weighted by atomic mass is 10.0. The van der Waals surface area contributed by atoms with Gasteiger partial charge in [-0.15, -0.1) is 0 Å². The Kier molecular flexibility index (Phi) is 11.2. The molecule has 1 unspecified atom stereocenters. The van der Waals surface area contributed by atoms with E-state index >= 15 is 0 Å². The van der Waals surface area contributed by atoms with Crippen LogP contribution in [-0.4, -0.2) is 36.7 Å². The number of anilines is 1. The van der Waals surface area contributed by atoms with E-state index in [0.717, 1.165) is 49.6 Å². The van der Waals surface area contributed by atoms with E-state index in [0.29, 0.717) is 12.5 Å². The Bertz CT molecular complexity index is 564. The fourth-order valence-corrected chi connectivity index (χ4v) is 2.67. The van der Waals surface area contributed by atoms with Crippen LogP contribution in [0.25, 0.3) is 0 Å². The summed E-state index contributed by atoms with van der Waals surface area (Å²) in [7, 11) is 0. The van der Waals surface area contributed by atoms with Crippen LogP contribution in [0.3, 0.4) is 0 Å². The topological polar surface area (TPSA) is 85.8 Å². The van der Waals surface area contributed by atoms with E-state index in [9.17, 15) is 9.90 Å². The Hall–Kier alpha value is -2.08. The second kappa shape index (κ2) is 13.1. The van der Waals surface area contributed by atoms with E-state index in [1.165, 1.54) is 0 Å². The molecule has 27 heavy (non-hydrogen) atoms. The molecule has 1 aromatic carbocycles. The molecule has 0 spiro atoms. The minimum Gasteiger partial charge on any atom is -0.396 e. The number of aliphatic hydroxyl groups is 1. The fourth-order valence-electron chi connectivity index (χ4n) is 2.67. The molecule has 0 saturated carbocycles. The number of carbonyl (C=O) groups is 1. The molecule has 152 valence electrons. The first kappa shape index (κ1) is 23.0. The summed E-state index contributed by atoms with van der Waals surface area (Å²) in [4.78, 5) is 16.4. The molecule has 1 aromatic rings. The summed E-state index contributed by atoms with van der Waals surface area (Å²) in [6, 6.07) is 7.78. The van der Waals surface area contributed by atoms with Gasteiger partial charge in [0.25, 0.3) is 0 Å². The largest absolute Gasteiger partial charge is 0.396 e. The van der Waals surface area contributed by atoms with Gasteiger partial charge in [0.1, 0.15) is 0 Å². The van der Waals surface area contributed by atoms with Gasteiger partial charge >= 0.3 is 0 Å². The monoisotopic (exact) mass is 376 g/mol. The first-order valence-corrected chi connectivity index (χ1v) is 10.0. The van der Waals surface area contributed by atoms with Crippen LogP contribution in [0.2, 0.25) is 0 Å². The molecule has 0 aromatic heterocycles. The van der Waals surface area contributed by atoms with Gasteiger partial charge < -0.3 is 21.1 Å². The minimum absolute atomic E-state index is 0.0175. The SMILES string of the molecule is CCCC(CCO)CNC(=NCc1ccc(NC(=O)C(C)C)cc1)NCC. The van der Waals surface area contributed by atoms with Crippen molar-refractivity contribution in [2.45, 2.75) is 53.5 Å². The smallest absolute Gasteiger partial charge is 0.226 e. The summed E-state index contributed by atoms with van der Waals surface area (Å²) in [5.74, 6) is 1.22. The number of guanidine groups is 1. The fraction of sp³-hybridized carbons (Fsp3) is 0.619. The standard InChI is InChI=1S/C21H36N4O2/c1-5-7-17(12-13-26)14-23-21(22-6-2)24-15-18-8-10-19(11-9-18)25-20(27)16(3)4/h8-11,16-17,26H,5-7,12-15H2,1-4H3,(H,25,27)(H2,22,23,24). The molecule has 6 heteroatoms. The number of hydrogen-bond donors (Lipinski definition) is 4. The average molecular weight is 377 g/mol. The van der Waals surface area contributed by atoms with E-state index in [1.54, 1.807) is 0 Å². The zero-order valence-electron chi connectivity index (χ0n) is 17.2. The van der Waals surface area contributed by atoms with Crippen molar-refractivity contribution >= 4 is 17.6 Å². The molecule has 0 radical (unpaired) electrons. The average Bonchev–Trinajstić information content (AvgIpc) is 2.65. The highest BCUT2D eigenvalue weighted by atomic mass is 16.3. The maximum absolute atomic E-state index is 11.7. The van der Waals surface area contributed by atoms with Crippen LogP contribution in [0.5, 0.6) is 0 Å². The number of rotatable bonds is 11. The molecule has 0 aliphatic rings. The highest BCUT2D eigenvalue weighted by molar-refractivity contribution is 5.92. The Morgan fingerprint density at radius 2 is 1.81 bits per heavy atom. The normalized spacial score (nSPS) is 12.7. The summed E-state index contributed by atoms with van der Waals surface area (Å²) in [5, 5.41) is 18.7. The summed E-state index contributed by atoms with van der Waals surface area (Å²) < 4.78 is 0. The molecular weight excluding hydrogens is 340 g/mol. The van der Waals surface area contributed by atoms with E-state index < -0.39 is 0 Å².